The molecule has 0 radical (unpaired) electrons. The van der Waals surface area contributed by atoms with Crippen LogP contribution in [0.4, 0.5) is 5.82 Å². The smallest absolute Gasteiger partial charge is 0.189 e. The molecule has 94 valence electrons. The standard InChI is InChI=1S/C12H15N5S/c1-9(7-10-8-13-5-6-14-10)16-11-3-4-15-12(17-11)18-2/h3-6,8-9H,7H2,1-2H3,(H,15,16,17)/t9-/m0/s1. The van der Waals surface area contributed by atoms with Crippen molar-refractivity contribution < 1.29 is 0 Å². The lowest BCUT2D eigenvalue weighted by molar-refractivity contribution is 0.755. The first-order valence-corrected chi connectivity index (χ1v) is 6.89. The van der Waals surface area contributed by atoms with E-state index in [2.05, 4.69) is 32.2 Å². The number of anilines is 1. The summed E-state index contributed by atoms with van der Waals surface area (Å²) in [7, 11) is 0. The molecule has 0 aliphatic rings. The van der Waals surface area contributed by atoms with Crippen molar-refractivity contribution in [1.29, 1.82) is 0 Å². The second kappa shape index (κ2) is 6.30. The summed E-state index contributed by atoms with van der Waals surface area (Å²) in [6, 6.07) is 2.11. The van der Waals surface area contributed by atoms with Gasteiger partial charge in [-0.2, -0.15) is 0 Å². The normalized spacial score (nSPS) is 12.1. The molecule has 0 saturated carbocycles. The van der Waals surface area contributed by atoms with Gasteiger partial charge in [0.2, 0.25) is 0 Å². The maximum Gasteiger partial charge on any atom is 0.189 e. The number of hydrogen-bond acceptors (Lipinski definition) is 6. The van der Waals surface area contributed by atoms with Crippen LogP contribution in [-0.2, 0) is 6.42 Å². The van der Waals surface area contributed by atoms with E-state index >= 15 is 0 Å². The Bertz CT molecular complexity index is 491. The second-order valence-electron chi connectivity index (χ2n) is 3.87. The van der Waals surface area contributed by atoms with Gasteiger partial charge >= 0.3 is 0 Å². The van der Waals surface area contributed by atoms with Gasteiger partial charge in [-0.25, -0.2) is 9.97 Å². The minimum Gasteiger partial charge on any atom is -0.367 e. The van der Waals surface area contributed by atoms with E-state index < -0.39 is 0 Å². The van der Waals surface area contributed by atoms with Gasteiger partial charge < -0.3 is 5.32 Å². The zero-order valence-electron chi connectivity index (χ0n) is 10.4. The first kappa shape index (κ1) is 12.8. The Labute approximate surface area is 110 Å². The van der Waals surface area contributed by atoms with E-state index in [1.54, 1.807) is 24.8 Å². The topological polar surface area (TPSA) is 63.6 Å². The van der Waals surface area contributed by atoms with Crippen LogP contribution in [0.5, 0.6) is 0 Å². The number of nitrogens with one attached hydrogen (secondary N) is 1. The van der Waals surface area contributed by atoms with Crippen LogP contribution in [0, 0.1) is 0 Å². The summed E-state index contributed by atoms with van der Waals surface area (Å²) in [5, 5.41) is 4.10. The maximum atomic E-state index is 4.38. The van der Waals surface area contributed by atoms with Crippen molar-refractivity contribution in [1.82, 2.24) is 19.9 Å². The second-order valence-corrected chi connectivity index (χ2v) is 4.65. The van der Waals surface area contributed by atoms with E-state index in [0.717, 1.165) is 23.1 Å². The van der Waals surface area contributed by atoms with Crippen LogP contribution in [0.15, 0.2) is 36.0 Å². The lowest BCUT2D eigenvalue weighted by atomic mass is 10.2. The molecule has 6 heteroatoms. The molecule has 0 fully saturated rings. The van der Waals surface area contributed by atoms with Gasteiger partial charge in [0.15, 0.2) is 5.16 Å². The summed E-state index contributed by atoms with van der Waals surface area (Å²) >= 11 is 1.53. The molecule has 1 atom stereocenters. The van der Waals surface area contributed by atoms with Crippen LogP contribution in [0.2, 0.25) is 0 Å². The number of nitrogens with zero attached hydrogens (tertiary/aromatic N) is 4. The molecule has 2 heterocycles. The first-order valence-electron chi connectivity index (χ1n) is 5.66. The summed E-state index contributed by atoms with van der Waals surface area (Å²) in [6.45, 7) is 2.09. The zero-order valence-corrected chi connectivity index (χ0v) is 11.2. The van der Waals surface area contributed by atoms with Gasteiger partial charge in [-0.15, -0.1) is 0 Å². The van der Waals surface area contributed by atoms with Gasteiger partial charge in [-0.05, 0) is 19.2 Å². The fraction of sp³-hybridized carbons (Fsp3) is 0.333. The fourth-order valence-electron chi connectivity index (χ4n) is 1.57. The average Bonchev–Trinajstić information content (AvgIpc) is 2.40. The van der Waals surface area contributed by atoms with E-state index in [-0.39, 0.29) is 6.04 Å². The third-order valence-corrected chi connectivity index (χ3v) is 2.90. The van der Waals surface area contributed by atoms with Crippen LogP contribution in [0.3, 0.4) is 0 Å². The zero-order chi connectivity index (χ0) is 12.8. The quantitative estimate of drug-likeness (QED) is 0.656. The molecule has 0 aliphatic heterocycles. The van der Waals surface area contributed by atoms with Crippen molar-refractivity contribution in [2.24, 2.45) is 0 Å². The third kappa shape index (κ3) is 3.66. The lowest BCUT2D eigenvalue weighted by Crippen LogP contribution is -2.19. The van der Waals surface area contributed by atoms with E-state index in [0.29, 0.717) is 0 Å². The van der Waals surface area contributed by atoms with Crippen LogP contribution in [-0.4, -0.2) is 32.2 Å². The van der Waals surface area contributed by atoms with Crippen LogP contribution < -0.4 is 5.32 Å². The Kier molecular flexibility index (Phi) is 4.46. The highest BCUT2D eigenvalue weighted by Crippen LogP contribution is 2.12. The average molecular weight is 261 g/mol. The number of rotatable bonds is 5. The number of thioether (sulfide) groups is 1. The third-order valence-electron chi connectivity index (χ3n) is 2.34. The highest BCUT2D eigenvalue weighted by atomic mass is 32.2. The molecular formula is C12H15N5S. The minimum atomic E-state index is 0.242. The van der Waals surface area contributed by atoms with E-state index in [1.807, 2.05) is 12.3 Å². The van der Waals surface area contributed by atoms with Gasteiger partial charge in [0.1, 0.15) is 5.82 Å². The van der Waals surface area contributed by atoms with Crippen molar-refractivity contribution in [3.63, 3.8) is 0 Å². The molecule has 2 aromatic rings. The number of hydrogen-bond donors (Lipinski definition) is 1. The monoisotopic (exact) mass is 261 g/mol. The Hall–Kier alpha value is -1.69. The van der Waals surface area contributed by atoms with Crippen molar-refractivity contribution >= 4 is 17.6 Å². The predicted molar refractivity (Wildman–Crippen MR) is 72.6 cm³/mol. The molecule has 0 unspecified atom stereocenters. The van der Waals surface area contributed by atoms with Crippen molar-refractivity contribution in [2.75, 3.05) is 11.6 Å². The SMILES string of the molecule is CSc1nccc(N[C@@H](C)Cc2cnccn2)n1. The number of aromatic nitrogens is 4. The molecule has 0 aromatic carbocycles. The molecule has 0 aliphatic carbocycles. The molecule has 0 amide bonds. The van der Waals surface area contributed by atoms with Crippen molar-refractivity contribution in [3.05, 3.63) is 36.5 Å². The van der Waals surface area contributed by atoms with Gasteiger partial charge in [0.25, 0.3) is 0 Å². The van der Waals surface area contributed by atoms with Crippen molar-refractivity contribution in [3.8, 4) is 0 Å². The fourth-order valence-corrected chi connectivity index (χ4v) is 1.93. The molecule has 0 saturated heterocycles. The van der Waals surface area contributed by atoms with Gasteiger partial charge in [0.05, 0.1) is 5.69 Å². The summed E-state index contributed by atoms with van der Waals surface area (Å²) < 4.78 is 0. The minimum absolute atomic E-state index is 0.242. The van der Waals surface area contributed by atoms with Gasteiger partial charge in [0, 0.05) is 37.3 Å². The van der Waals surface area contributed by atoms with E-state index in [9.17, 15) is 0 Å². The Morgan fingerprint density at radius 3 is 2.89 bits per heavy atom. The molecule has 18 heavy (non-hydrogen) atoms. The summed E-state index contributed by atoms with van der Waals surface area (Å²) in [5.41, 5.74) is 0.969. The molecule has 1 N–H and O–H groups in total. The first-order chi connectivity index (χ1) is 8.78. The Balaban J connectivity index is 1.96. The van der Waals surface area contributed by atoms with E-state index in [4.69, 9.17) is 0 Å². The molecule has 5 nitrogen and oxygen atoms in total. The summed E-state index contributed by atoms with van der Waals surface area (Å²) in [5.74, 6) is 0.839. The van der Waals surface area contributed by atoms with Crippen molar-refractivity contribution in [2.45, 2.75) is 24.5 Å². The Morgan fingerprint density at radius 2 is 2.17 bits per heavy atom. The van der Waals surface area contributed by atoms with E-state index in [1.165, 1.54) is 11.8 Å². The van der Waals surface area contributed by atoms with Gasteiger partial charge in [-0.3, -0.25) is 9.97 Å². The summed E-state index contributed by atoms with van der Waals surface area (Å²) in [4.78, 5) is 16.8. The largest absolute Gasteiger partial charge is 0.367 e. The van der Waals surface area contributed by atoms with Crippen LogP contribution >= 0.6 is 11.8 Å². The Morgan fingerprint density at radius 1 is 1.28 bits per heavy atom. The highest BCUT2D eigenvalue weighted by Gasteiger charge is 2.06. The molecule has 0 spiro atoms. The van der Waals surface area contributed by atoms with Crippen LogP contribution in [0.25, 0.3) is 0 Å². The van der Waals surface area contributed by atoms with Crippen LogP contribution in [0.1, 0.15) is 12.6 Å². The molecule has 2 aromatic heterocycles. The molecular weight excluding hydrogens is 246 g/mol. The summed E-state index contributed by atoms with van der Waals surface area (Å²) in [6.07, 6.45) is 9.70. The van der Waals surface area contributed by atoms with Gasteiger partial charge in [-0.1, -0.05) is 11.8 Å². The molecule has 0 bridgehead atoms. The predicted octanol–water partition coefficient (Wildman–Crippen LogP) is 2.03. The maximum absolute atomic E-state index is 4.38. The lowest BCUT2D eigenvalue weighted by Gasteiger charge is -2.13. The molecule has 2 rings (SSSR count). The highest BCUT2D eigenvalue weighted by molar-refractivity contribution is 7.98.